The number of aromatic amines is 1. The van der Waals surface area contributed by atoms with Gasteiger partial charge in [0.2, 0.25) is 0 Å². The molecule has 8 nitrogen and oxygen atoms in total. The van der Waals surface area contributed by atoms with Crippen LogP contribution in [-0.2, 0) is 17.8 Å². The van der Waals surface area contributed by atoms with Gasteiger partial charge in [-0.25, -0.2) is 8.78 Å². The van der Waals surface area contributed by atoms with E-state index in [0.717, 1.165) is 25.2 Å². The molecule has 2 aromatic carbocycles. The van der Waals surface area contributed by atoms with E-state index in [-0.39, 0.29) is 34.2 Å². The molecule has 2 aromatic heterocycles. The number of aromatic nitrogens is 2. The van der Waals surface area contributed by atoms with Gasteiger partial charge in [0.1, 0.15) is 22.8 Å². The van der Waals surface area contributed by atoms with Crippen LogP contribution in [0.4, 0.5) is 8.78 Å². The summed E-state index contributed by atoms with van der Waals surface area (Å²) in [5.41, 5.74) is 1.12. The number of nitrogens with one attached hydrogen (secondary N) is 1. The van der Waals surface area contributed by atoms with E-state index in [1.165, 1.54) is 16.9 Å². The minimum absolute atomic E-state index is 0.195. The van der Waals surface area contributed by atoms with Gasteiger partial charge in [-0.3, -0.25) is 13.8 Å². The highest BCUT2D eigenvalue weighted by Gasteiger charge is 2.24. The summed E-state index contributed by atoms with van der Waals surface area (Å²) in [5.74, 6) is -1.82. The number of ether oxygens (including phenoxy) is 1. The predicted octanol–water partition coefficient (Wildman–Crippen LogP) is 3.73. The van der Waals surface area contributed by atoms with Crippen LogP contribution in [0.1, 0.15) is 10.5 Å². The summed E-state index contributed by atoms with van der Waals surface area (Å²) in [5, 5.41) is 0.467. The number of rotatable bonds is 5. The average molecular weight is 541 g/mol. The number of piperazine rings is 1. The van der Waals surface area contributed by atoms with Crippen LogP contribution < -0.4 is 10.3 Å². The topological polar surface area (TPSA) is 87.6 Å². The molecule has 0 aliphatic carbocycles. The largest absolute Gasteiger partial charge is 0.454 e. The van der Waals surface area contributed by atoms with Crippen LogP contribution in [0.5, 0.6) is 11.5 Å². The molecule has 1 saturated heterocycles. The Morgan fingerprint density at radius 1 is 0.974 bits per heavy atom. The first-order valence-corrected chi connectivity index (χ1v) is 13.5. The third-order valence-corrected chi connectivity index (χ3v) is 7.59. The lowest BCUT2D eigenvalue weighted by Crippen LogP contribution is -2.47. The summed E-state index contributed by atoms with van der Waals surface area (Å²) in [4.78, 5) is 33.7. The zero-order valence-corrected chi connectivity index (χ0v) is 21.9. The number of benzene rings is 2. The lowest BCUT2D eigenvalue weighted by atomic mass is 10.0. The second kappa shape index (κ2) is 10.1. The smallest absolute Gasteiger partial charge is 0.274 e. The van der Waals surface area contributed by atoms with E-state index < -0.39 is 22.4 Å². The molecule has 1 aliphatic heterocycles. The summed E-state index contributed by atoms with van der Waals surface area (Å²) in [6.45, 7) is 2.64. The maximum Gasteiger partial charge on any atom is 0.274 e. The fourth-order valence-electron chi connectivity index (χ4n) is 4.51. The quantitative estimate of drug-likeness (QED) is 0.417. The lowest BCUT2D eigenvalue weighted by molar-refractivity contribution is 0.0659. The van der Waals surface area contributed by atoms with E-state index in [4.69, 9.17) is 4.74 Å². The van der Waals surface area contributed by atoms with Crippen molar-refractivity contribution in [1.82, 2.24) is 19.4 Å². The molecule has 0 spiro atoms. The van der Waals surface area contributed by atoms with Gasteiger partial charge < -0.3 is 24.1 Å². The number of H-pyrrole nitrogens is 1. The maximum absolute atomic E-state index is 14.4. The molecule has 0 bridgehead atoms. The Morgan fingerprint density at radius 2 is 1.68 bits per heavy atom. The number of nitrogens with zero attached hydrogens (tertiary/aromatic N) is 3. The minimum Gasteiger partial charge on any atom is -0.454 e. The van der Waals surface area contributed by atoms with Crippen molar-refractivity contribution in [3.05, 3.63) is 76.3 Å². The molecule has 1 fully saturated rings. The number of halogens is 2. The number of amides is 1. The molecule has 5 rings (SSSR count). The second-order valence-corrected chi connectivity index (χ2v) is 10.7. The highest BCUT2D eigenvalue weighted by Crippen LogP contribution is 2.38. The van der Waals surface area contributed by atoms with Gasteiger partial charge in [-0.2, -0.15) is 0 Å². The predicted molar refractivity (Wildman–Crippen MR) is 141 cm³/mol. The molecule has 1 N–H and O–H groups in total. The van der Waals surface area contributed by atoms with Gasteiger partial charge in [-0.1, -0.05) is 0 Å². The number of likely N-dealkylation sites (N-methyl/N-ethyl adjacent to an activating group) is 1. The summed E-state index contributed by atoms with van der Waals surface area (Å²) in [6.07, 6.45) is 3.12. The number of carbonyl (C=O) groups is 1. The first kappa shape index (κ1) is 25.8. The molecule has 0 saturated carbocycles. The van der Waals surface area contributed by atoms with E-state index in [0.29, 0.717) is 34.5 Å². The van der Waals surface area contributed by atoms with E-state index in [9.17, 15) is 22.6 Å². The number of fused-ring (bicyclic) bond motifs is 1. The maximum atomic E-state index is 14.4. The molecule has 11 heteroatoms. The summed E-state index contributed by atoms with van der Waals surface area (Å²) < 4.78 is 47.4. The number of carbonyl (C=O) groups excluding carboxylic acids is 1. The van der Waals surface area contributed by atoms with E-state index in [1.807, 2.05) is 7.05 Å². The Morgan fingerprint density at radius 3 is 2.37 bits per heavy atom. The van der Waals surface area contributed by atoms with Gasteiger partial charge in [-0.05, 0) is 43.4 Å². The summed E-state index contributed by atoms with van der Waals surface area (Å²) in [6, 6.07) is 9.40. The average Bonchev–Trinajstić information content (AvgIpc) is 3.34. The van der Waals surface area contributed by atoms with Crippen LogP contribution in [0.3, 0.4) is 0 Å². The molecule has 1 unspecified atom stereocenters. The molecule has 1 atom stereocenters. The third-order valence-electron chi connectivity index (χ3n) is 6.67. The van der Waals surface area contributed by atoms with Gasteiger partial charge in [0.15, 0.2) is 11.6 Å². The second-order valence-electron chi connectivity index (χ2n) is 9.31. The number of aryl methyl sites for hydroxylation is 1. The highest BCUT2D eigenvalue weighted by atomic mass is 32.2. The summed E-state index contributed by atoms with van der Waals surface area (Å²) in [7, 11) is 2.23. The van der Waals surface area contributed by atoms with Crippen molar-refractivity contribution in [3.8, 4) is 22.6 Å². The van der Waals surface area contributed by atoms with Crippen LogP contribution in [0.2, 0.25) is 0 Å². The molecule has 4 aromatic rings. The van der Waals surface area contributed by atoms with Crippen molar-refractivity contribution in [3.63, 3.8) is 0 Å². The molecular weight excluding hydrogens is 514 g/mol. The molecule has 198 valence electrons. The van der Waals surface area contributed by atoms with Gasteiger partial charge in [-0.15, -0.1) is 0 Å². The Kier molecular flexibility index (Phi) is 6.89. The third kappa shape index (κ3) is 4.86. The van der Waals surface area contributed by atoms with Crippen LogP contribution in [0, 0.1) is 11.6 Å². The lowest BCUT2D eigenvalue weighted by Gasteiger charge is -2.32. The first-order valence-electron chi connectivity index (χ1n) is 11.9. The van der Waals surface area contributed by atoms with Crippen molar-refractivity contribution in [2.24, 2.45) is 7.05 Å². The Hall–Kier alpha value is -3.83. The van der Waals surface area contributed by atoms with E-state index >= 15 is 0 Å². The Bertz CT molecular complexity index is 1640. The normalized spacial score (nSPS) is 15.1. The zero-order chi connectivity index (χ0) is 27.1. The molecule has 0 radical (unpaired) electrons. The van der Waals surface area contributed by atoms with Gasteiger partial charge in [0, 0.05) is 84.0 Å². The van der Waals surface area contributed by atoms with Gasteiger partial charge >= 0.3 is 0 Å². The minimum atomic E-state index is -1.35. The molecular formula is C27H26F2N4O4S. The van der Waals surface area contributed by atoms with E-state index in [1.54, 1.807) is 42.4 Å². The number of hydrogen-bond acceptors (Lipinski definition) is 5. The fourth-order valence-corrected chi connectivity index (χ4v) is 5.05. The van der Waals surface area contributed by atoms with Crippen molar-refractivity contribution in [1.29, 1.82) is 0 Å². The first-order chi connectivity index (χ1) is 18.1. The molecule has 38 heavy (non-hydrogen) atoms. The molecule has 1 amide bonds. The van der Waals surface area contributed by atoms with Crippen molar-refractivity contribution >= 4 is 27.6 Å². The fraction of sp³-hybridized carbons (Fsp3) is 0.259. The van der Waals surface area contributed by atoms with E-state index in [2.05, 4.69) is 9.88 Å². The summed E-state index contributed by atoms with van der Waals surface area (Å²) >= 11 is 0. The number of pyridine rings is 1. The molecule has 1 aliphatic rings. The van der Waals surface area contributed by atoms with Crippen LogP contribution >= 0.6 is 0 Å². The van der Waals surface area contributed by atoms with Crippen LogP contribution in [-0.4, -0.2) is 68.9 Å². The van der Waals surface area contributed by atoms with Gasteiger partial charge in [0.25, 0.3) is 11.5 Å². The Labute approximate surface area is 219 Å². The van der Waals surface area contributed by atoms with Crippen molar-refractivity contribution in [2.45, 2.75) is 4.90 Å². The monoisotopic (exact) mass is 540 g/mol. The van der Waals surface area contributed by atoms with Crippen molar-refractivity contribution in [2.75, 3.05) is 39.5 Å². The molecule has 3 heterocycles. The number of hydrogen-bond donors (Lipinski definition) is 1. The Balaban J connectivity index is 1.66. The SMILES string of the molecule is CN1CCN(C(=O)c2cc3c(-c4cc(S(C)=O)ccc4Oc4ccc(F)cc4F)cn(C)c(=O)c3[nH]2)CC1. The van der Waals surface area contributed by atoms with Gasteiger partial charge in [0.05, 0.1) is 0 Å². The standard InChI is InChI=1S/C27H26F2N4O4S/c1-31-8-10-33(11-9-31)26(34)22-14-19-20(15-32(2)27(35)25(19)30-22)18-13-17(38(3)36)5-7-23(18)37-24-6-4-16(28)12-21(24)29/h4-7,12-15,30H,8-11H2,1-3H3. The zero-order valence-electron chi connectivity index (χ0n) is 21.1. The van der Waals surface area contributed by atoms with Crippen LogP contribution in [0.25, 0.3) is 22.0 Å². The van der Waals surface area contributed by atoms with Crippen molar-refractivity contribution < 1.29 is 22.5 Å². The highest BCUT2D eigenvalue weighted by molar-refractivity contribution is 7.84. The van der Waals surface area contributed by atoms with Crippen LogP contribution in [0.15, 0.2) is 58.4 Å².